The molecule has 0 aromatic heterocycles. The highest BCUT2D eigenvalue weighted by atomic mass is 16.2. The highest BCUT2D eigenvalue weighted by Crippen LogP contribution is 2.10. The normalized spacial score (nSPS) is 19.8. The third-order valence-electron chi connectivity index (χ3n) is 4.55. The Balaban J connectivity index is 2.27. The van der Waals surface area contributed by atoms with E-state index in [1.165, 1.54) is 19.3 Å². The maximum absolute atomic E-state index is 12.4. The lowest BCUT2D eigenvalue weighted by molar-refractivity contribution is -0.133. The summed E-state index contributed by atoms with van der Waals surface area (Å²) in [5, 5.41) is 3.38. The molecule has 1 fully saturated rings. The lowest BCUT2D eigenvalue weighted by Crippen LogP contribution is -2.47. The van der Waals surface area contributed by atoms with Gasteiger partial charge in [0.15, 0.2) is 0 Å². The number of likely N-dealkylation sites (tertiary alicyclic amines) is 1. The molecule has 0 aliphatic carbocycles. The first-order valence-electron chi connectivity index (χ1n) is 8.28. The molecule has 1 amide bonds. The topological polar surface area (TPSA) is 35.6 Å². The van der Waals surface area contributed by atoms with Crippen LogP contribution < -0.4 is 5.32 Å². The number of likely N-dealkylation sites (N-methyl/N-ethyl adjacent to an activating group) is 1. The molecule has 0 bridgehead atoms. The Labute approximate surface area is 124 Å². The molecule has 2 unspecified atom stereocenters. The minimum absolute atomic E-state index is 0.0570. The summed E-state index contributed by atoms with van der Waals surface area (Å²) < 4.78 is 0. The maximum atomic E-state index is 12.4. The molecule has 4 heteroatoms. The fourth-order valence-corrected chi connectivity index (χ4v) is 2.64. The zero-order valence-corrected chi connectivity index (χ0v) is 13.8. The van der Waals surface area contributed by atoms with E-state index in [1.807, 2.05) is 11.8 Å². The summed E-state index contributed by atoms with van der Waals surface area (Å²) in [7, 11) is 2.15. The zero-order valence-electron chi connectivity index (χ0n) is 13.8. The Morgan fingerprint density at radius 2 is 1.80 bits per heavy atom. The molecular weight excluding hydrogens is 250 g/mol. The third-order valence-corrected chi connectivity index (χ3v) is 4.55. The van der Waals surface area contributed by atoms with Gasteiger partial charge in [-0.3, -0.25) is 4.79 Å². The fraction of sp³-hybridized carbons (Fsp3) is 0.938. The van der Waals surface area contributed by atoms with Gasteiger partial charge in [-0.05, 0) is 40.2 Å². The molecular formula is C16H33N3O. The van der Waals surface area contributed by atoms with Crippen LogP contribution >= 0.6 is 0 Å². The van der Waals surface area contributed by atoms with E-state index in [9.17, 15) is 4.79 Å². The largest absolute Gasteiger partial charge is 0.341 e. The minimum atomic E-state index is -0.0570. The van der Waals surface area contributed by atoms with Crippen molar-refractivity contribution in [3.05, 3.63) is 0 Å². The minimum Gasteiger partial charge on any atom is -0.341 e. The summed E-state index contributed by atoms with van der Waals surface area (Å²) >= 11 is 0. The maximum Gasteiger partial charge on any atom is 0.239 e. The van der Waals surface area contributed by atoms with Gasteiger partial charge in [-0.2, -0.15) is 0 Å². The van der Waals surface area contributed by atoms with Gasteiger partial charge in [0, 0.05) is 32.2 Å². The number of carbonyl (C=O) groups excluding carboxylic acids is 1. The van der Waals surface area contributed by atoms with Crippen molar-refractivity contribution in [1.82, 2.24) is 15.1 Å². The second kappa shape index (κ2) is 9.35. The molecule has 0 radical (unpaired) electrons. The number of rotatable bonds is 7. The molecule has 118 valence electrons. The Morgan fingerprint density at radius 3 is 2.35 bits per heavy atom. The average molecular weight is 283 g/mol. The third kappa shape index (κ3) is 5.80. The number of hydrogen-bond acceptors (Lipinski definition) is 3. The summed E-state index contributed by atoms with van der Waals surface area (Å²) in [6, 6.07) is 0.548. The Kier molecular flexibility index (Phi) is 8.15. The predicted molar refractivity (Wildman–Crippen MR) is 84.9 cm³/mol. The van der Waals surface area contributed by atoms with Gasteiger partial charge in [-0.25, -0.2) is 0 Å². The molecule has 0 aromatic rings. The fourth-order valence-electron chi connectivity index (χ4n) is 2.64. The van der Waals surface area contributed by atoms with Crippen LogP contribution in [0.3, 0.4) is 0 Å². The number of amides is 1. The standard InChI is InChI=1S/C16H33N3O/c1-5-14(2)18(4)13-10-17-15(3)16(20)19-11-8-6-7-9-12-19/h14-15,17H,5-13H2,1-4H3. The lowest BCUT2D eigenvalue weighted by atomic mass is 10.2. The van der Waals surface area contributed by atoms with Gasteiger partial charge >= 0.3 is 0 Å². The average Bonchev–Trinajstić information content (AvgIpc) is 2.74. The van der Waals surface area contributed by atoms with Gasteiger partial charge in [0.1, 0.15) is 0 Å². The van der Waals surface area contributed by atoms with Crippen molar-refractivity contribution >= 4 is 5.91 Å². The van der Waals surface area contributed by atoms with E-state index in [2.05, 4.69) is 31.1 Å². The summed E-state index contributed by atoms with van der Waals surface area (Å²) in [6.45, 7) is 10.2. The Hall–Kier alpha value is -0.610. The van der Waals surface area contributed by atoms with Crippen molar-refractivity contribution in [2.24, 2.45) is 0 Å². The van der Waals surface area contributed by atoms with Crippen LogP contribution in [-0.2, 0) is 4.79 Å². The van der Waals surface area contributed by atoms with E-state index >= 15 is 0 Å². The molecule has 20 heavy (non-hydrogen) atoms. The molecule has 1 saturated heterocycles. The first-order valence-corrected chi connectivity index (χ1v) is 8.28. The molecule has 1 N–H and O–H groups in total. The second-order valence-corrected chi connectivity index (χ2v) is 6.15. The molecule has 1 aliphatic heterocycles. The van der Waals surface area contributed by atoms with Gasteiger partial charge in [0.25, 0.3) is 0 Å². The van der Waals surface area contributed by atoms with E-state index in [0.29, 0.717) is 6.04 Å². The summed E-state index contributed by atoms with van der Waals surface area (Å²) in [5.74, 6) is 0.276. The first-order chi connectivity index (χ1) is 9.56. The molecule has 0 spiro atoms. The molecule has 2 atom stereocenters. The van der Waals surface area contributed by atoms with E-state index in [4.69, 9.17) is 0 Å². The van der Waals surface area contributed by atoms with Crippen molar-refractivity contribution in [3.8, 4) is 0 Å². The highest BCUT2D eigenvalue weighted by molar-refractivity contribution is 5.81. The monoisotopic (exact) mass is 283 g/mol. The Morgan fingerprint density at radius 1 is 1.20 bits per heavy atom. The van der Waals surface area contributed by atoms with E-state index < -0.39 is 0 Å². The van der Waals surface area contributed by atoms with Gasteiger partial charge in [0.05, 0.1) is 6.04 Å². The number of nitrogens with zero attached hydrogens (tertiary/aromatic N) is 2. The zero-order chi connectivity index (χ0) is 15.0. The van der Waals surface area contributed by atoms with Crippen molar-refractivity contribution in [2.45, 2.75) is 65.0 Å². The summed E-state index contributed by atoms with van der Waals surface area (Å²) in [4.78, 5) is 16.8. The number of hydrogen-bond donors (Lipinski definition) is 1. The van der Waals surface area contributed by atoms with Crippen LogP contribution in [0.2, 0.25) is 0 Å². The van der Waals surface area contributed by atoms with Crippen LogP contribution in [0.4, 0.5) is 0 Å². The quantitative estimate of drug-likeness (QED) is 0.777. The van der Waals surface area contributed by atoms with Crippen LogP contribution in [0.15, 0.2) is 0 Å². The molecule has 1 aliphatic rings. The van der Waals surface area contributed by atoms with Crippen LogP contribution in [-0.4, -0.2) is 61.0 Å². The molecule has 4 nitrogen and oxygen atoms in total. The number of nitrogens with one attached hydrogen (secondary N) is 1. The van der Waals surface area contributed by atoms with E-state index in [1.54, 1.807) is 0 Å². The molecule has 0 aromatic carbocycles. The van der Waals surface area contributed by atoms with Crippen LogP contribution in [0, 0.1) is 0 Å². The van der Waals surface area contributed by atoms with Crippen molar-refractivity contribution in [2.75, 3.05) is 33.2 Å². The van der Waals surface area contributed by atoms with Crippen molar-refractivity contribution in [1.29, 1.82) is 0 Å². The summed E-state index contributed by atoms with van der Waals surface area (Å²) in [5.41, 5.74) is 0. The van der Waals surface area contributed by atoms with Gasteiger partial charge in [-0.1, -0.05) is 19.8 Å². The van der Waals surface area contributed by atoms with Crippen LogP contribution in [0.5, 0.6) is 0 Å². The van der Waals surface area contributed by atoms with E-state index in [-0.39, 0.29) is 11.9 Å². The Bertz CT molecular complexity index is 275. The molecule has 1 rings (SSSR count). The van der Waals surface area contributed by atoms with Gasteiger partial charge in [-0.15, -0.1) is 0 Å². The van der Waals surface area contributed by atoms with E-state index in [0.717, 1.165) is 39.0 Å². The SMILES string of the molecule is CCC(C)N(C)CCNC(C)C(=O)N1CCCCCC1. The smallest absolute Gasteiger partial charge is 0.239 e. The van der Waals surface area contributed by atoms with Gasteiger partial charge in [0.2, 0.25) is 5.91 Å². The molecule has 0 saturated carbocycles. The molecule has 1 heterocycles. The van der Waals surface area contributed by atoms with Crippen molar-refractivity contribution < 1.29 is 4.79 Å². The second-order valence-electron chi connectivity index (χ2n) is 6.15. The number of carbonyl (C=O) groups is 1. The van der Waals surface area contributed by atoms with Crippen molar-refractivity contribution in [3.63, 3.8) is 0 Å². The lowest BCUT2D eigenvalue weighted by Gasteiger charge is -2.27. The van der Waals surface area contributed by atoms with Crippen LogP contribution in [0.25, 0.3) is 0 Å². The first kappa shape index (κ1) is 17.4. The predicted octanol–water partition coefficient (Wildman–Crippen LogP) is 2.10. The van der Waals surface area contributed by atoms with Crippen LogP contribution in [0.1, 0.15) is 52.9 Å². The highest BCUT2D eigenvalue weighted by Gasteiger charge is 2.20. The summed E-state index contributed by atoms with van der Waals surface area (Å²) in [6.07, 6.45) is 6.03. The van der Waals surface area contributed by atoms with Gasteiger partial charge < -0.3 is 15.1 Å².